The van der Waals surface area contributed by atoms with Crippen LogP contribution >= 0.6 is 11.8 Å². The smallest absolute Gasteiger partial charge is 0.234 e. The Bertz CT molecular complexity index is 1120. The normalized spacial score (nSPS) is 10.4. The number of thioether (sulfide) groups is 1. The number of methoxy groups -OCH3 is 1. The average molecular weight is 456 g/mol. The van der Waals surface area contributed by atoms with Crippen molar-refractivity contribution < 1.29 is 18.7 Å². The minimum Gasteiger partial charge on any atom is -0.497 e. The molecule has 0 aliphatic heterocycles. The van der Waals surface area contributed by atoms with E-state index in [0.29, 0.717) is 34.6 Å². The summed E-state index contributed by atoms with van der Waals surface area (Å²) < 4.78 is 20.1. The Kier molecular flexibility index (Phi) is 7.98. The number of ether oxygens (including phenoxy) is 1. The fraction of sp³-hybridized carbons (Fsp3) is 0.182. The second kappa shape index (κ2) is 11.1. The van der Waals surface area contributed by atoms with Crippen LogP contribution < -0.4 is 15.4 Å². The summed E-state index contributed by atoms with van der Waals surface area (Å²) in [6.07, 6.45) is 1.65. The number of rotatable bonds is 10. The molecule has 0 atom stereocenters. The Morgan fingerprint density at radius 2 is 1.84 bits per heavy atom. The van der Waals surface area contributed by atoms with Gasteiger partial charge in [-0.2, -0.15) is 0 Å². The van der Waals surface area contributed by atoms with Crippen LogP contribution in [-0.2, 0) is 22.6 Å². The van der Waals surface area contributed by atoms with Crippen LogP contribution in [0, 0.1) is 5.82 Å². The van der Waals surface area contributed by atoms with Gasteiger partial charge in [-0.15, -0.1) is 16.8 Å². The first-order valence-electron chi connectivity index (χ1n) is 9.63. The highest BCUT2D eigenvalue weighted by atomic mass is 32.2. The minimum absolute atomic E-state index is 0.00585. The Morgan fingerprint density at radius 3 is 2.56 bits per heavy atom. The maximum absolute atomic E-state index is 13.3. The highest BCUT2D eigenvalue weighted by Crippen LogP contribution is 2.20. The van der Waals surface area contributed by atoms with Gasteiger partial charge < -0.3 is 19.9 Å². The molecule has 2 amide bonds. The molecular formula is C22H22FN5O3S. The Hall–Kier alpha value is -3.66. The number of anilines is 2. The van der Waals surface area contributed by atoms with Crippen molar-refractivity contribution in [1.82, 2.24) is 14.8 Å². The number of hydrogen-bond donors (Lipinski definition) is 2. The van der Waals surface area contributed by atoms with Crippen molar-refractivity contribution in [2.45, 2.75) is 18.1 Å². The number of carbonyl (C=O) groups excluding carboxylic acids is 2. The molecule has 0 saturated heterocycles. The van der Waals surface area contributed by atoms with Gasteiger partial charge >= 0.3 is 0 Å². The number of carbonyl (C=O) groups is 2. The lowest BCUT2D eigenvalue weighted by Crippen LogP contribution is -2.18. The average Bonchev–Trinajstić information content (AvgIpc) is 3.13. The summed E-state index contributed by atoms with van der Waals surface area (Å²) in [7, 11) is 1.55. The zero-order valence-corrected chi connectivity index (χ0v) is 18.2. The van der Waals surface area contributed by atoms with E-state index in [1.165, 1.54) is 18.2 Å². The highest BCUT2D eigenvalue weighted by molar-refractivity contribution is 7.99. The van der Waals surface area contributed by atoms with Crippen molar-refractivity contribution in [2.75, 3.05) is 23.5 Å². The summed E-state index contributed by atoms with van der Waals surface area (Å²) in [5.74, 6) is 0.105. The first kappa shape index (κ1) is 23.0. The predicted molar refractivity (Wildman–Crippen MR) is 121 cm³/mol. The van der Waals surface area contributed by atoms with Gasteiger partial charge in [0.2, 0.25) is 11.8 Å². The summed E-state index contributed by atoms with van der Waals surface area (Å²) in [5, 5.41) is 14.1. The number of aromatic nitrogens is 3. The van der Waals surface area contributed by atoms with E-state index in [1.807, 2.05) is 0 Å². The van der Waals surface area contributed by atoms with Crippen LogP contribution in [0.15, 0.2) is 66.3 Å². The molecule has 2 aromatic carbocycles. The van der Waals surface area contributed by atoms with Crippen molar-refractivity contribution in [1.29, 1.82) is 0 Å². The molecule has 0 bridgehead atoms. The van der Waals surface area contributed by atoms with Gasteiger partial charge in [0.15, 0.2) is 5.16 Å². The Morgan fingerprint density at radius 1 is 1.12 bits per heavy atom. The summed E-state index contributed by atoms with van der Waals surface area (Å²) in [5.41, 5.74) is 0.978. The molecule has 1 heterocycles. The van der Waals surface area contributed by atoms with E-state index >= 15 is 0 Å². The molecule has 0 unspecified atom stereocenters. The van der Waals surface area contributed by atoms with Gasteiger partial charge in [0.05, 0.1) is 19.3 Å². The first-order valence-corrected chi connectivity index (χ1v) is 10.6. The Labute approximate surface area is 188 Å². The quantitative estimate of drug-likeness (QED) is 0.359. The van der Waals surface area contributed by atoms with Crippen LogP contribution in [0.25, 0.3) is 0 Å². The van der Waals surface area contributed by atoms with Crippen LogP contribution in [0.5, 0.6) is 5.75 Å². The van der Waals surface area contributed by atoms with Crippen molar-refractivity contribution in [3.63, 3.8) is 0 Å². The van der Waals surface area contributed by atoms with Crippen LogP contribution in [0.1, 0.15) is 5.82 Å². The van der Waals surface area contributed by atoms with Crippen LogP contribution in [0.2, 0.25) is 0 Å². The molecule has 3 rings (SSSR count). The number of benzene rings is 2. The van der Waals surface area contributed by atoms with E-state index in [4.69, 9.17) is 4.74 Å². The first-order chi connectivity index (χ1) is 15.5. The molecule has 1 aromatic heterocycles. The monoisotopic (exact) mass is 455 g/mol. The number of allylic oxidation sites excluding steroid dienone is 1. The van der Waals surface area contributed by atoms with Gasteiger partial charge in [0, 0.05) is 24.0 Å². The van der Waals surface area contributed by atoms with Gasteiger partial charge in [-0.1, -0.05) is 30.0 Å². The molecule has 0 aliphatic carbocycles. The third-order valence-electron chi connectivity index (χ3n) is 4.22. The zero-order valence-electron chi connectivity index (χ0n) is 17.4. The second-order valence-corrected chi connectivity index (χ2v) is 7.54. The molecule has 8 nitrogen and oxygen atoms in total. The van der Waals surface area contributed by atoms with Gasteiger partial charge in [-0.25, -0.2) is 4.39 Å². The number of nitrogens with one attached hydrogen (secondary N) is 2. The number of nitrogens with zero attached hydrogens (tertiary/aromatic N) is 3. The van der Waals surface area contributed by atoms with Crippen molar-refractivity contribution >= 4 is 35.0 Å². The van der Waals surface area contributed by atoms with E-state index in [9.17, 15) is 14.0 Å². The molecule has 0 radical (unpaired) electrons. The minimum atomic E-state index is -0.432. The highest BCUT2D eigenvalue weighted by Gasteiger charge is 2.16. The van der Waals surface area contributed by atoms with Crippen molar-refractivity contribution in [3.8, 4) is 5.75 Å². The molecule has 0 fully saturated rings. The zero-order chi connectivity index (χ0) is 22.9. The number of halogens is 1. The SMILES string of the molecule is C=CCn1c(CC(=O)Nc2cccc(OC)c2)nnc1SCC(=O)Nc1cccc(F)c1. The van der Waals surface area contributed by atoms with Crippen LogP contribution in [0.3, 0.4) is 0 Å². The number of hydrogen-bond acceptors (Lipinski definition) is 6. The van der Waals surface area contributed by atoms with Gasteiger partial charge in [0.25, 0.3) is 0 Å². The standard InChI is InChI=1S/C22H22FN5O3S/c1-3-10-28-19(13-20(29)24-17-8-5-9-18(12-17)31-2)26-27-22(28)32-14-21(30)25-16-7-4-6-15(23)11-16/h3-9,11-12H,1,10,13-14H2,2H3,(H,24,29)(H,25,30). The molecule has 0 spiro atoms. The lowest BCUT2D eigenvalue weighted by molar-refractivity contribution is -0.116. The van der Waals surface area contributed by atoms with E-state index in [-0.39, 0.29) is 24.0 Å². The fourth-order valence-corrected chi connectivity index (χ4v) is 3.58. The topological polar surface area (TPSA) is 98.1 Å². The largest absolute Gasteiger partial charge is 0.497 e. The van der Waals surface area contributed by atoms with Gasteiger partial charge in [-0.05, 0) is 30.3 Å². The number of amides is 2. The molecule has 166 valence electrons. The molecule has 0 saturated carbocycles. The van der Waals surface area contributed by atoms with Crippen LogP contribution in [-0.4, -0.2) is 39.4 Å². The third-order valence-corrected chi connectivity index (χ3v) is 5.18. The van der Waals surface area contributed by atoms with E-state index < -0.39 is 5.82 Å². The molecule has 0 aliphatic rings. The molecular weight excluding hydrogens is 433 g/mol. The molecule has 2 N–H and O–H groups in total. The van der Waals surface area contributed by atoms with E-state index in [1.54, 1.807) is 48.1 Å². The second-order valence-electron chi connectivity index (χ2n) is 6.60. The summed E-state index contributed by atoms with van der Waals surface area (Å²) in [6, 6.07) is 12.7. The molecule has 3 aromatic rings. The van der Waals surface area contributed by atoms with Gasteiger partial charge in [0.1, 0.15) is 17.4 Å². The van der Waals surface area contributed by atoms with E-state index in [2.05, 4.69) is 27.4 Å². The summed E-state index contributed by atoms with van der Waals surface area (Å²) in [6.45, 7) is 4.11. The summed E-state index contributed by atoms with van der Waals surface area (Å²) in [4.78, 5) is 24.7. The molecule has 32 heavy (non-hydrogen) atoms. The van der Waals surface area contributed by atoms with Crippen molar-refractivity contribution in [3.05, 3.63) is 72.8 Å². The van der Waals surface area contributed by atoms with Gasteiger partial charge in [-0.3, -0.25) is 9.59 Å². The summed E-state index contributed by atoms with van der Waals surface area (Å²) >= 11 is 1.16. The van der Waals surface area contributed by atoms with E-state index in [0.717, 1.165) is 11.8 Å². The maximum Gasteiger partial charge on any atom is 0.234 e. The lowest BCUT2D eigenvalue weighted by Gasteiger charge is -2.09. The fourth-order valence-electron chi connectivity index (χ4n) is 2.81. The predicted octanol–water partition coefficient (Wildman–Crippen LogP) is 3.52. The third kappa shape index (κ3) is 6.42. The van der Waals surface area contributed by atoms with Crippen LogP contribution in [0.4, 0.5) is 15.8 Å². The lowest BCUT2D eigenvalue weighted by atomic mass is 10.3. The van der Waals surface area contributed by atoms with Crippen molar-refractivity contribution in [2.24, 2.45) is 0 Å². The maximum atomic E-state index is 13.3. The molecule has 10 heteroatoms. The Balaban J connectivity index is 1.62.